The third-order valence-electron chi connectivity index (χ3n) is 2.22. The Labute approximate surface area is 80.3 Å². The molecule has 0 aliphatic heterocycles. The molecule has 0 amide bonds. The second-order valence-corrected chi connectivity index (χ2v) is 3.23. The first kappa shape index (κ1) is 10.0. The summed E-state index contributed by atoms with van der Waals surface area (Å²) < 4.78 is 0. The van der Waals surface area contributed by atoms with E-state index in [9.17, 15) is 0 Å². The molecule has 1 atom stereocenters. The van der Waals surface area contributed by atoms with Crippen molar-refractivity contribution >= 4 is 6.08 Å². The van der Waals surface area contributed by atoms with Gasteiger partial charge < -0.3 is 5.73 Å². The van der Waals surface area contributed by atoms with Gasteiger partial charge in [0.2, 0.25) is 0 Å². The van der Waals surface area contributed by atoms with Gasteiger partial charge in [-0.3, -0.25) is 0 Å². The van der Waals surface area contributed by atoms with E-state index >= 15 is 0 Å². The van der Waals surface area contributed by atoms with Crippen molar-refractivity contribution in [1.82, 2.24) is 0 Å². The van der Waals surface area contributed by atoms with Crippen LogP contribution in [0.25, 0.3) is 6.08 Å². The SMILES string of the molecule is C=Cc1ccccc1C(N)CCC. The first-order valence-electron chi connectivity index (χ1n) is 4.76. The molecule has 0 radical (unpaired) electrons. The van der Waals surface area contributed by atoms with E-state index < -0.39 is 0 Å². The van der Waals surface area contributed by atoms with E-state index in [1.807, 2.05) is 18.2 Å². The fourth-order valence-electron chi connectivity index (χ4n) is 1.50. The highest BCUT2D eigenvalue weighted by atomic mass is 14.6. The van der Waals surface area contributed by atoms with Gasteiger partial charge in [0.05, 0.1) is 0 Å². The van der Waals surface area contributed by atoms with Crippen LogP contribution >= 0.6 is 0 Å². The summed E-state index contributed by atoms with van der Waals surface area (Å²) in [7, 11) is 0. The summed E-state index contributed by atoms with van der Waals surface area (Å²) in [5.74, 6) is 0. The minimum absolute atomic E-state index is 0.152. The predicted molar refractivity (Wildman–Crippen MR) is 58.4 cm³/mol. The van der Waals surface area contributed by atoms with Gasteiger partial charge in [-0.05, 0) is 17.5 Å². The summed E-state index contributed by atoms with van der Waals surface area (Å²) >= 11 is 0. The van der Waals surface area contributed by atoms with Crippen LogP contribution in [0.4, 0.5) is 0 Å². The highest BCUT2D eigenvalue weighted by Crippen LogP contribution is 2.20. The molecule has 1 heteroatoms. The summed E-state index contributed by atoms with van der Waals surface area (Å²) in [6.45, 7) is 5.93. The fourth-order valence-corrected chi connectivity index (χ4v) is 1.50. The van der Waals surface area contributed by atoms with Crippen LogP contribution in [0.15, 0.2) is 30.8 Å². The van der Waals surface area contributed by atoms with Gasteiger partial charge in [0.1, 0.15) is 0 Å². The lowest BCUT2D eigenvalue weighted by Gasteiger charge is -2.13. The van der Waals surface area contributed by atoms with Gasteiger partial charge in [-0.25, -0.2) is 0 Å². The molecule has 70 valence electrons. The number of hydrogen-bond donors (Lipinski definition) is 1. The summed E-state index contributed by atoms with van der Waals surface area (Å²) in [4.78, 5) is 0. The van der Waals surface area contributed by atoms with Crippen LogP contribution in [-0.4, -0.2) is 0 Å². The maximum Gasteiger partial charge on any atom is 0.0300 e. The van der Waals surface area contributed by atoms with Gasteiger partial charge in [0.25, 0.3) is 0 Å². The van der Waals surface area contributed by atoms with Crippen LogP contribution in [0.5, 0.6) is 0 Å². The summed E-state index contributed by atoms with van der Waals surface area (Å²) in [6, 6.07) is 8.32. The minimum atomic E-state index is 0.152. The van der Waals surface area contributed by atoms with Crippen LogP contribution in [0.2, 0.25) is 0 Å². The summed E-state index contributed by atoms with van der Waals surface area (Å²) in [5.41, 5.74) is 8.40. The molecule has 0 fully saturated rings. The van der Waals surface area contributed by atoms with Crippen molar-refractivity contribution in [3.05, 3.63) is 42.0 Å². The average molecular weight is 175 g/mol. The van der Waals surface area contributed by atoms with Gasteiger partial charge in [-0.1, -0.05) is 50.3 Å². The smallest absolute Gasteiger partial charge is 0.0300 e. The van der Waals surface area contributed by atoms with Crippen molar-refractivity contribution < 1.29 is 0 Å². The summed E-state index contributed by atoms with van der Waals surface area (Å²) in [5, 5.41) is 0. The maximum atomic E-state index is 6.03. The average Bonchev–Trinajstić information content (AvgIpc) is 2.18. The first-order valence-corrected chi connectivity index (χ1v) is 4.76. The number of nitrogens with two attached hydrogens (primary N) is 1. The molecular weight excluding hydrogens is 158 g/mol. The van der Waals surface area contributed by atoms with Crippen LogP contribution in [0, 0.1) is 0 Å². The van der Waals surface area contributed by atoms with Crippen molar-refractivity contribution in [3.63, 3.8) is 0 Å². The normalized spacial score (nSPS) is 12.5. The zero-order chi connectivity index (χ0) is 9.68. The molecular formula is C12H17N. The molecule has 1 aromatic rings. The van der Waals surface area contributed by atoms with Crippen LogP contribution in [0.1, 0.15) is 36.9 Å². The van der Waals surface area contributed by atoms with E-state index in [0.29, 0.717) is 0 Å². The van der Waals surface area contributed by atoms with Crippen molar-refractivity contribution in [2.45, 2.75) is 25.8 Å². The molecule has 1 unspecified atom stereocenters. The van der Waals surface area contributed by atoms with Crippen molar-refractivity contribution in [2.24, 2.45) is 5.73 Å². The fraction of sp³-hybridized carbons (Fsp3) is 0.333. The Morgan fingerprint density at radius 2 is 2.15 bits per heavy atom. The molecule has 0 bridgehead atoms. The Morgan fingerprint density at radius 1 is 1.46 bits per heavy atom. The van der Waals surface area contributed by atoms with Gasteiger partial charge in [0.15, 0.2) is 0 Å². The number of rotatable bonds is 4. The minimum Gasteiger partial charge on any atom is -0.324 e. The van der Waals surface area contributed by atoms with Crippen LogP contribution in [0.3, 0.4) is 0 Å². The Balaban J connectivity index is 2.91. The predicted octanol–water partition coefficient (Wildman–Crippen LogP) is 3.13. The van der Waals surface area contributed by atoms with E-state index in [1.165, 1.54) is 5.56 Å². The number of hydrogen-bond acceptors (Lipinski definition) is 1. The Kier molecular flexibility index (Phi) is 3.71. The van der Waals surface area contributed by atoms with E-state index in [-0.39, 0.29) is 6.04 Å². The van der Waals surface area contributed by atoms with E-state index in [2.05, 4.69) is 25.6 Å². The van der Waals surface area contributed by atoms with Crippen LogP contribution < -0.4 is 5.73 Å². The number of benzene rings is 1. The summed E-state index contributed by atoms with van der Waals surface area (Å²) in [6.07, 6.45) is 4.02. The van der Waals surface area contributed by atoms with Crippen molar-refractivity contribution in [2.75, 3.05) is 0 Å². The Bertz CT molecular complexity index is 278. The molecule has 0 saturated carbocycles. The van der Waals surface area contributed by atoms with E-state index in [0.717, 1.165) is 18.4 Å². The molecule has 1 nitrogen and oxygen atoms in total. The molecule has 13 heavy (non-hydrogen) atoms. The third-order valence-corrected chi connectivity index (χ3v) is 2.22. The standard InChI is InChI=1S/C12H17N/c1-3-7-12(13)11-9-6-5-8-10(11)4-2/h4-6,8-9,12H,2-3,7,13H2,1H3. The molecule has 1 rings (SSSR count). The first-order chi connectivity index (χ1) is 6.29. The van der Waals surface area contributed by atoms with E-state index in [1.54, 1.807) is 0 Å². The highest BCUT2D eigenvalue weighted by Gasteiger charge is 2.06. The molecule has 0 aliphatic rings. The third kappa shape index (κ3) is 2.43. The second kappa shape index (κ2) is 4.83. The Hall–Kier alpha value is -1.08. The quantitative estimate of drug-likeness (QED) is 0.747. The van der Waals surface area contributed by atoms with Crippen LogP contribution in [-0.2, 0) is 0 Å². The largest absolute Gasteiger partial charge is 0.324 e. The molecule has 1 aromatic carbocycles. The zero-order valence-electron chi connectivity index (χ0n) is 8.16. The molecule has 0 saturated heterocycles. The lowest BCUT2D eigenvalue weighted by molar-refractivity contribution is 0.637. The molecule has 0 aliphatic carbocycles. The topological polar surface area (TPSA) is 26.0 Å². The molecule has 0 aromatic heterocycles. The zero-order valence-corrected chi connectivity index (χ0v) is 8.16. The van der Waals surface area contributed by atoms with E-state index in [4.69, 9.17) is 5.73 Å². The van der Waals surface area contributed by atoms with Crippen molar-refractivity contribution in [3.8, 4) is 0 Å². The Morgan fingerprint density at radius 3 is 2.77 bits per heavy atom. The van der Waals surface area contributed by atoms with Gasteiger partial charge >= 0.3 is 0 Å². The highest BCUT2D eigenvalue weighted by molar-refractivity contribution is 5.52. The van der Waals surface area contributed by atoms with Gasteiger partial charge in [-0.2, -0.15) is 0 Å². The molecule has 2 N–H and O–H groups in total. The second-order valence-electron chi connectivity index (χ2n) is 3.23. The lowest BCUT2D eigenvalue weighted by atomic mass is 9.98. The molecule has 0 spiro atoms. The van der Waals surface area contributed by atoms with Gasteiger partial charge in [0, 0.05) is 6.04 Å². The lowest BCUT2D eigenvalue weighted by Crippen LogP contribution is -2.10. The monoisotopic (exact) mass is 175 g/mol. The van der Waals surface area contributed by atoms with Gasteiger partial charge in [-0.15, -0.1) is 0 Å². The maximum absolute atomic E-state index is 6.03. The van der Waals surface area contributed by atoms with Crippen molar-refractivity contribution in [1.29, 1.82) is 0 Å². The molecule has 0 heterocycles.